The molecular weight excluding hydrogens is 311 g/mol. The van der Waals surface area contributed by atoms with E-state index in [-0.39, 0.29) is 5.69 Å². The molecular formula is C14H12F3N5O. The third-order valence-corrected chi connectivity index (χ3v) is 3.22. The summed E-state index contributed by atoms with van der Waals surface area (Å²) in [5.74, 6) is -0.693. The largest absolute Gasteiger partial charge is 0.437 e. The number of alkyl halides is 3. The minimum atomic E-state index is -4.65. The second kappa shape index (κ2) is 5.11. The summed E-state index contributed by atoms with van der Waals surface area (Å²) in [6.45, 7) is 1.75. The van der Waals surface area contributed by atoms with Crippen LogP contribution in [0.5, 0.6) is 0 Å². The summed E-state index contributed by atoms with van der Waals surface area (Å²) in [6.07, 6.45) is -3.55. The van der Waals surface area contributed by atoms with Crippen LogP contribution in [0.3, 0.4) is 0 Å². The van der Waals surface area contributed by atoms with Gasteiger partial charge in [-0.2, -0.15) is 23.4 Å². The van der Waals surface area contributed by atoms with Crippen LogP contribution in [0, 0.1) is 6.92 Å². The van der Waals surface area contributed by atoms with Crippen LogP contribution in [0.25, 0.3) is 5.52 Å². The second-order valence-electron chi connectivity index (χ2n) is 5.05. The van der Waals surface area contributed by atoms with Gasteiger partial charge in [0.05, 0.1) is 16.9 Å². The van der Waals surface area contributed by atoms with E-state index >= 15 is 0 Å². The second-order valence-corrected chi connectivity index (χ2v) is 5.05. The molecule has 23 heavy (non-hydrogen) atoms. The van der Waals surface area contributed by atoms with Crippen LogP contribution in [-0.2, 0) is 13.2 Å². The SMILES string of the molecule is Cc1ccc2ccc(C(=O)Nc3cn(C)nc3C(F)(F)F)n2n1. The van der Waals surface area contributed by atoms with Crippen LogP contribution in [0.2, 0.25) is 0 Å². The van der Waals surface area contributed by atoms with Gasteiger partial charge < -0.3 is 5.32 Å². The summed E-state index contributed by atoms with van der Waals surface area (Å²) in [6, 6.07) is 6.71. The molecule has 0 radical (unpaired) electrons. The standard InChI is InChI=1S/C14H12F3N5O/c1-8-3-4-9-5-6-11(22(9)19-8)13(23)18-10-7-21(2)20-12(10)14(15,16)17/h3-7H,1-2H3,(H,18,23). The maximum Gasteiger partial charge on any atom is 0.437 e. The van der Waals surface area contributed by atoms with Crippen molar-refractivity contribution < 1.29 is 18.0 Å². The molecule has 0 atom stereocenters. The van der Waals surface area contributed by atoms with Crippen LogP contribution >= 0.6 is 0 Å². The Morgan fingerprint density at radius 2 is 1.87 bits per heavy atom. The fourth-order valence-corrected chi connectivity index (χ4v) is 2.23. The lowest BCUT2D eigenvalue weighted by atomic mass is 10.3. The van der Waals surface area contributed by atoms with Crippen LogP contribution in [0.1, 0.15) is 21.9 Å². The highest BCUT2D eigenvalue weighted by molar-refractivity contribution is 6.04. The number of aromatic nitrogens is 4. The van der Waals surface area contributed by atoms with Gasteiger partial charge in [-0.25, -0.2) is 4.52 Å². The number of rotatable bonds is 2. The molecule has 0 bridgehead atoms. The minimum Gasteiger partial charge on any atom is -0.317 e. The van der Waals surface area contributed by atoms with Crippen LogP contribution < -0.4 is 5.32 Å². The normalized spacial score (nSPS) is 11.9. The van der Waals surface area contributed by atoms with Gasteiger partial charge in [-0.15, -0.1) is 0 Å². The van der Waals surface area contributed by atoms with Gasteiger partial charge in [0.2, 0.25) is 0 Å². The van der Waals surface area contributed by atoms with E-state index in [1.165, 1.54) is 17.6 Å². The molecule has 3 aromatic rings. The van der Waals surface area contributed by atoms with E-state index in [1.807, 2.05) is 0 Å². The highest BCUT2D eigenvalue weighted by Gasteiger charge is 2.37. The van der Waals surface area contributed by atoms with Crippen molar-refractivity contribution in [3.05, 3.63) is 47.5 Å². The van der Waals surface area contributed by atoms with Gasteiger partial charge in [-0.3, -0.25) is 9.48 Å². The summed E-state index contributed by atoms with van der Waals surface area (Å²) in [4.78, 5) is 12.3. The molecule has 0 fully saturated rings. The third kappa shape index (κ3) is 2.77. The third-order valence-electron chi connectivity index (χ3n) is 3.22. The van der Waals surface area contributed by atoms with Gasteiger partial charge in [0.1, 0.15) is 5.69 Å². The first-order valence-corrected chi connectivity index (χ1v) is 6.63. The molecule has 1 amide bonds. The summed E-state index contributed by atoms with van der Waals surface area (Å²) in [7, 11) is 1.35. The first kappa shape index (κ1) is 15.1. The number of carbonyl (C=O) groups excluding carboxylic acids is 1. The molecule has 3 rings (SSSR count). The first-order chi connectivity index (χ1) is 10.8. The molecule has 0 spiro atoms. The van der Waals surface area contributed by atoms with Gasteiger partial charge in [0.15, 0.2) is 5.69 Å². The van der Waals surface area contributed by atoms with Gasteiger partial charge in [-0.1, -0.05) is 0 Å². The molecule has 3 heterocycles. The number of hydrogen-bond donors (Lipinski definition) is 1. The average Bonchev–Trinajstić information content (AvgIpc) is 3.01. The van der Waals surface area contributed by atoms with Crippen molar-refractivity contribution in [1.29, 1.82) is 0 Å². The number of aryl methyl sites for hydroxylation is 2. The summed E-state index contributed by atoms with van der Waals surface area (Å²) in [5.41, 5.74) is -0.0466. The fourth-order valence-electron chi connectivity index (χ4n) is 2.23. The Balaban J connectivity index is 1.97. The molecule has 1 N–H and O–H groups in total. The van der Waals surface area contributed by atoms with Gasteiger partial charge in [0.25, 0.3) is 5.91 Å². The number of nitrogens with zero attached hydrogens (tertiary/aromatic N) is 4. The Morgan fingerprint density at radius 3 is 2.57 bits per heavy atom. The van der Waals surface area contributed by atoms with Crippen LogP contribution in [0.4, 0.5) is 18.9 Å². The van der Waals surface area contributed by atoms with Crippen molar-refractivity contribution in [2.24, 2.45) is 7.05 Å². The summed E-state index contributed by atoms with van der Waals surface area (Å²) in [5, 5.41) is 9.78. The zero-order chi connectivity index (χ0) is 16.8. The highest BCUT2D eigenvalue weighted by atomic mass is 19.4. The Bertz CT molecular complexity index is 894. The molecule has 6 nitrogen and oxygen atoms in total. The number of nitrogens with one attached hydrogen (secondary N) is 1. The number of amides is 1. The Morgan fingerprint density at radius 1 is 1.17 bits per heavy atom. The molecule has 0 saturated carbocycles. The predicted octanol–water partition coefficient (Wildman–Crippen LogP) is 2.65. The highest BCUT2D eigenvalue weighted by Crippen LogP contribution is 2.33. The van der Waals surface area contributed by atoms with Crippen molar-refractivity contribution in [2.45, 2.75) is 13.1 Å². The topological polar surface area (TPSA) is 64.2 Å². The lowest BCUT2D eigenvalue weighted by Gasteiger charge is -2.07. The monoisotopic (exact) mass is 323 g/mol. The summed E-state index contributed by atoms with van der Waals surface area (Å²) >= 11 is 0. The molecule has 0 aliphatic carbocycles. The number of carbonyl (C=O) groups is 1. The van der Waals surface area contributed by atoms with Crippen LogP contribution in [-0.4, -0.2) is 25.3 Å². The maximum absolute atomic E-state index is 12.9. The van der Waals surface area contributed by atoms with Crippen molar-refractivity contribution in [3.63, 3.8) is 0 Å². The number of hydrogen-bond acceptors (Lipinski definition) is 3. The smallest absolute Gasteiger partial charge is 0.317 e. The molecule has 0 aliphatic heterocycles. The van der Waals surface area contributed by atoms with Gasteiger partial charge >= 0.3 is 6.18 Å². The minimum absolute atomic E-state index is 0.140. The maximum atomic E-state index is 12.9. The van der Waals surface area contributed by atoms with E-state index in [1.54, 1.807) is 25.1 Å². The lowest BCUT2D eigenvalue weighted by molar-refractivity contribution is -0.140. The number of halogens is 3. The Hall–Kier alpha value is -2.84. The molecule has 120 valence electrons. The van der Waals surface area contributed by atoms with Crippen molar-refractivity contribution >= 4 is 17.1 Å². The average molecular weight is 323 g/mol. The zero-order valence-electron chi connectivity index (χ0n) is 12.2. The predicted molar refractivity (Wildman–Crippen MR) is 76.1 cm³/mol. The molecule has 3 aromatic heterocycles. The van der Waals surface area contributed by atoms with Crippen molar-refractivity contribution in [2.75, 3.05) is 5.32 Å². The number of fused-ring (bicyclic) bond motifs is 1. The van der Waals surface area contributed by atoms with E-state index < -0.39 is 23.5 Å². The molecule has 0 aliphatic rings. The lowest BCUT2D eigenvalue weighted by Crippen LogP contribution is -2.18. The quantitative estimate of drug-likeness (QED) is 0.788. The Kier molecular flexibility index (Phi) is 3.35. The van der Waals surface area contributed by atoms with Crippen molar-refractivity contribution in [3.8, 4) is 0 Å². The van der Waals surface area contributed by atoms with Gasteiger partial charge in [0, 0.05) is 13.2 Å². The molecule has 0 saturated heterocycles. The van der Waals surface area contributed by atoms with Crippen molar-refractivity contribution in [1.82, 2.24) is 19.4 Å². The Labute approximate surface area is 128 Å². The molecule has 9 heteroatoms. The van der Waals surface area contributed by atoms with Gasteiger partial charge in [-0.05, 0) is 31.2 Å². The summed E-state index contributed by atoms with van der Waals surface area (Å²) < 4.78 is 41.1. The van der Waals surface area contributed by atoms with E-state index in [4.69, 9.17) is 0 Å². The zero-order valence-corrected chi connectivity index (χ0v) is 12.2. The fraction of sp³-hybridized carbons (Fsp3) is 0.214. The van der Waals surface area contributed by atoms with E-state index in [0.717, 1.165) is 10.9 Å². The van der Waals surface area contributed by atoms with E-state index in [0.29, 0.717) is 11.2 Å². The number of anilines is 1. The van der Waals surface area contributed by atoms with Crippen LogP contribution in [0.15, 0.2) is 30.5 Å². The van der Waals surface area contributed by atoms with E-state index in [2.05, 4.69) is 15.5 Å². The first-order valence-electron chi connectivity index (χ1n) is 6.63. The molecule has 0 unspecified atom stereocenters. The molecule has 0 aromatic carbocycles. The van der Waals surface area contributed by atoms with E-state index in [9.17, 15) is 18.0 Å².